The number of ether oxygens (including phenoxy) is 1. The van der Waals surface area contributed by atoms with Crippen molar-refractivity contribution >= 4 is 11.6 Å². The second-order valence-corrected chi connectivity index (χ2v) is 4.24. The van der Waals surface area contributed by atoms with Gasteiger partial charge in [0.2, 0.25) is 0 Å². The summed E-state index contributed by atoms with van der Waals surface area (Å²) in [6.45, 7) is 1.10. The summed E-state index contributed by atoms with van der Waals surface area (Å²) in [6, 6.07) is 1.74. The van der Waals surface area contributed by atoms with E-state index in [1.54, 1.807) is 0 Å². The molecule has 6 heteroatoms. The number of nitrogens with two attached hydrogens (primary N) is 1. The van der Waals surface area contributed by atoms with Crippen LogP contribution in [0.3, 0.4) is 0 Å². The molecular weight excluding hydrogens is 242 g/mol. The highest BCUT2D eigenvalue weighted by Gasteiger charge is 2.19. The molecule has 1 aromatic carbocycles. The summed E-state index contributed by atoms with van der Waals surface area (Å²) in [6.07, 6.45) is 1.65. The van der Waals surface area contributed by atoms with Gasteiger partial charge in [-0.05, 0) is 25.0 Å². The third kappa shape index (κ3) is 2.76. The van der Waals surface area contributed by atoms with Crippen LogP contribution in [-0.4, -0.2) is 25.2 Å². The maximum Gasteiger partial charge on any atom is 0.251 e. The van der Waals surface area contributed by atoms with Crippen LogP contribution in [0.25, 0.3) is 0 Å². The zero-order chi connectivity index (χ0) is 13.1. The normalized spacial score (nSPS) is 19.6. The Bertz CT molecular complexity index is 436. The lowest BCUT2D eigenvalue weighted by Crippen LogP contribution is -2.40. The smallest absolute Gasteiger partial charge is 0.251 e. The summed E-state index contributed by atoms with van der Waals surface area (Å²) in [5.41, 5.74) is 4.48. The van der Waals surface area contributed by atoms with Gasteiger partial charge in [0.15, 0.2) is 0 Å². The standard InChI is InChI=1S/C12H14F2N2O2/c13-9-4-7(5-10(14)11(9)15)12(17)16-8-2-1-3-18-6-8/h4-5,8H,1-3,6,15H2,(H,16,17). The first-order valence-corrected chi connectivity index (χ1v) is 5.71. The lowest BCUT2D eigenvalue weighted by Gasteiger charge is -2.23. The fourth-order valence-electron chi connectivity index (χ4n) is 1.84. The highest BCUT2D eigenvalue weighted by atomic mass is 19.1. The quantitative estimate of drug-likeness (QED) is 0.787. The SMILES string of the molecule is Nc1c(F)cc(C(=O)NC2CCCOC2)cc1F. The molecular formula is C12H14F2N2O2. The van der Waals surface area contributed by atoms with Crippen LogP contribution in [-0.2, 0) is 4.74 Å². The minimum absolute atomic E-state index is 0.0789. The average molecular weight is 256 g/mol. The number of nitrogen functional groups attached to an aromatic ring is 1. The molecule has 18 heavy (non-hydrogen) atoms. The van der Waals surface area contributed by atoms with Gasteiger partial charge in [-0.15, -0.1) is 0 Å². The van der Waals surface area contributed by atoms with Gasteiger partial charge in [0.1, 0.15) is 17.3 Å². The Morgan fingerprint density at radius 1 is 1.39 bits per heavy atom. The third-order valence-electron chi connectivity index (χ3n) is 2.84. The molecule has 2 rings (SSSR count). The molecule has 3 N–H and O–H groups in total. The van der Waals surface area contributed by atoms with Gasteiger partial charge >= 0.3 is 0 Å². The number of amides is 1. The predicted octanol–water partition coefficient (Wildman–Crippen LogP) is 1.46. The van der Waals surface area contributed by atoms with Crippen LogP contribution < -0.4 is 11.1 Å². The molecule has 0 radical (unpaired) electrons. The van der Waals surface area contributed by atoms with Gasteiger partial charge < -0.3 is 15.8 Å². The molecule has 0 bridgehead atoms. The van der Waals surface area contributed by atoms with E-state index in [4.69, 9.17) is 10.5 Å². The molecule has 1 aliphatic heterocycles. The van der Waals surface area contributed by atoms with Crippen LogP contribution in [0.4, 0.5) is 14.5 Å². The van der Waals surface area contributed by atoms with Crippen molar-refractivity contribution in [1.29, 1.82) is 0 Å². The number of carbonyl (C=O) groups excluding carboxylic acids is 1. The first-order valence-electron chi connectivity index (χ1n) is 5.71. The maximum atomic E-state index is 13.2. The molecule has 0 aromatic heterocycles. The molecule has 98 valence electrons. The highest BCUT2D eigenvalue weighted by Crippen LogP contribution is 2.17. The van der Waals surface area contributed by atoms with E-state index in [1.807, 2.05) is 0 Å². The summed E-state index contributed by atoms with van der Waals surface area (Å²) >= 11 is 0. The number of hydrogen-bond donors (Lipinski definition) is 2. The van der Waals surface area contributed by atoms with Crippen LogP contribution in [0.5, 0.6) is 0 Å². The zero-order valence-electron chi connectivity index (χ0n) is 9.71. The van der Waals surface area contributed by atoms with E-state index in [2.05, 4.69) is 5.32 Å². The molecule has 1 saturated heterocycles. The number of nitrogens with one attached hydrogen (secondary N) is 1. The molecule has 0 saturated carbocycles. The van der Waals surface area contributed by atoms with Gasteiger partial charge in [0.25, 0.3) is 5.91 Å². The van der Waals surface area contributed by atoms with Crippen molar-refractivity contribution in [2.45, 2.75) is 18.9 Å². The lowest BCUT2D eigenvalue weighted by molar-refractivity contribution is 0.0624. The third-order valence-corrected chi connectivity index (χ3v) is 2.84. The van der Waals surface area contributed by atoms with Crippen LogP contribution in [0.2, 0.25) is 0 Å². The number of rotatable bonds is 2. The van der Waals surface area contributed by atoms with Crippen molar-refractivity contribution in [1.82, 2.24) is 5.32 Å². The Morgan fingerprint density at radius 2 is 2.06 bits per heavy atom. The highest BCUT2D eigenvalue weighted by molar-refractivity contribution is 5.94. The summed E-state index contributed by atoms with van der Waals surface area (Å²) < 4.78 is 31.6. The van der Waals surface area contributed by atoms with E-state index >= 15 is 0 Å². The zero-order valence-corrected chi connectivity index (χ0v) is 9.71. The van der Waals surface area contributed by atoms with E-state index in [1.165, 1.54) is 0 Å². The van der Waals surface area contributed by atoms with Gasteiger partial charge in [-0.1, -0.05) is 0 Å². The number of anilines is 1. The van der Waals surface area contributed by atoms with E-state index in [0.29, 0.717) is 13.2 Å². The first kappa shape index (κ1) is 12.8. The number of benzene rings is 1. The van der Waals surface area contributed by atoms with Crippen LogP contribution in [0, 0.1) is 11.6 Å². The largest absolute Gasteiger partial charge is 0.394 e. The van der Waals surface area contributed by atoms with Gasteiger partial charge in [-0.25, -0.2) is 8.78 Å². The Balaban J connectivity index is 2.08. The van der Waals surface area contributed by atoms with Crippen molar-refractivity contribution in [3.05, 3.63) is 29.3 Å². The fraction of sp³-hybridized carbons (Fsp3) is 0.417. The molecule has 1 fully saturated rings. The van der Waals surface area contributed by atoms with Crippen LogP contribution in [0.1, 0.15) is 23.2 Å². The first-order chi connectivity index (χ1) is 8.58. The Labute approximate surface area is 103 Å². The fourth-order valence-corrected chi connectivity index (χ4v) is 1.84. The minimum Gasteiger partial charge on any atom is -0.394 e. The molecule has 1 atom stereocenters. The average Bonchev–Trinajstić information content (AvgIpc) is 2.36. The van der Waals surface area contributed by atoms with E-state index in [0.717, 1.165) is 25.0 Å². The van der Waals surface area contributed by atoms with Gasteiger partial charge in [0.05, 0.1) is 12.6 Å². The molecule has 4 nitrogen and oxygen atoms in total. The molecule has 1 aliphatic rings. The summed E-state index contributed by atoms with van der Waals surface area (Å²) in [5.74, 6) is -2.39. The lowest BCUT2D eigenvalue weighted by atomic mass is 10.1. The molecule has 1 unspecified atom stereocenters. The second kappa shape index (κ2) is 5.30. The molecule has 1 heterocycles. The second-order valence-electron chi connectivity index (χ2n) is 4.24. The number of halogens is 2. The predicted molar refractivity (Wildman–Crippen MR) is 62.1 cm³/mol. The summed E-state index contributed by atoms with van der Waals surface area (Å²) in [4.78, 5) is 11.8. The topological polar surface area (TPSA) is 64.4 Å². The van der Waals surface area contributed by atoms with Crippen molar-refractivity contribution < 1.29 is 18.3 Å². The molecule has 0 spiro atoms. The van der Waals surface area contributed by atoms with Crippen molar-refractivity contribution in [3.63, 3.8) is 0 Å². The summed E-state index contributed by atoms with van der Waals surface area (Å²) in [7, 11) is 0. The minimum atomic E-state index is -0.931. The van der Waals surface area contributed by atoms with Gasteiger partial charge in [-0.3, -0.25) is 4.79 Å². The summed E-state index contributed by atoms with van der Waals surface area (Å²) in [5, 5.41) is 2.67. The van der Waals surface area contributed by atoms with Gasteiger partial charge in [-0.2, -0.15) is 0 Å². The number of hydrogen-bond acceptors (Lipinski definition) is 3. The maximum absolute atomic E-state index is 13.2. The number of carbonyl (C=O) groups is 1. The Hall–Kier alpha value is -1.69. The van der Waals surface area contributed by atoms with Crippen molar-refractivity contribution in [2.24, 2.45) is 0 Å². The van der Waals surface area contributed by atoms with E-state index < -0.39 is 23.2 Å². The van der Waals surface area contributed by atoms with E-state index in [-0.39, 0.29) is 11.6 Å². The Morgan fingerprint density at radius 3 is 2.61 bits per heavy atom. The van der Waals surface area contributed by atoms with Crippen LogP contribution >= 0.6 is 0 Å². The Kier molecular flexibility index (Phi) is 3.76. The van der Waals surface area contributed by atoms with Gasteiger partial charge in [0, 0.05) is 12.2 Å². The monoisotopic (exact) mass is 256 g/mol. The van der Waals surface area contributed by atoms with Crippen molar-refractivity contribution in [3.8, 4) is 0 Å². The molecule has 0 aliphatic carbocycles. The van der Waals surface area contributed by atoms with Crippen LogP contribution in [0.15, 0.2) is 12.1 Å². The molecule has 1 amide bonds. The molecule has 1 aromatic rings. The van der Waals surface area contributed by atoms with Crippen molar-refractivity contribution in [2.75, 3.05) is 18.9 Å². The van der Waals surface area contributed by atoms with E-state index in [9.17, 15) is 13.6 Å².